The van der Waals surface area contributed by atoms with Crippen molar-refractivity contribution in [3.8, 4) is 0 Å². The number of carboxylic acids is 1. The third-order valence-electron chi connectivity index (χ3n) is 4.46. The standard InChI is InChI=1S/C15H27N5O5/c1-4-20(5-2)12(22)11(18-8(3)21)9-6-15(25,13(23)24)7-10(9)19-14(16)17/h9-11,25H,4-7H2,1-3H3,(H,18,21)(H,23,24)(H4,16,17,19)/t9?,10?,11?,15-/m0/s1. The lowest BCUT2D eigenvalue weighted by Gasteiger charge is -2.31. The highest BCUT2D eigenvalue weighted by atomic mass is 16.4. The highest BCUT2D eigenvalue weighted by Gasteiger charge is 2.53. The van der Waals surface area contributed by atoms with Crippen LogP contribution in [0.15, 0.2) is 4.99 Å². The molecule has 1 aliphatic rings. The summed E-state index contributed by atoms with van der Waals surface area (Å²) in [6.45, 7) is 5.70. The number of carboxylic acid groups (broad SMARTS) is 1. The Morgan fingerprint density at radius 3 is 2.24 bits per heavy atom. The smallest absolute Gasteiger partial charge is 0.335 e. The Kier molecular flexibility index (Phi) is 6.74. The van der Waals surface area contributed by atoms with Crippen LogP contribution < -0.4 is 16.8 Å². The molecule has 2 amide bonds. The minimum Gasteiger partial charge on any atom is -0.479 e. The molecule has 25 heavy (non-hydrogen) atoms. The molecule has 4 atom stereocenters. The molecule has 1 aliphatic carbocycles. The van der Waals surface area contributed by atoms with Gasteiger partial charge in [-0.05, 0) is 20.3 Å². The lowest BCUT2D eigenvalue weighted by molar-refractivity contribution is -0.158. The number of aliphatic hydroxyl groups is 1. The van der Waals surface area contributed by atoms with E-state index < -0.39 is 35.5 Å². The first-order valence-electron chi connectivity index (χ1n) is 8.16. The zero-order chi connectivity index (χ0) is 19.4. The lowest BCUT2D eigenvalue weighted by atomic mass is 9.91. The van der Waals surface area contributed by atoms with Crippen LogP contribution in [0.1, 0.15) is 33.6 Å². The fourth-order valence-corrected chi connectivity index (χ4v) is 3.26. The highest BCUT2D eigenvalue weighted by molar-refractivity contribution is 5.88. The van der Waals surface area contributed by atoms with Crippen LogP contribution in [0, 0.1) is 5.92 Å². The third-order valence-corrected chi connectivity index (χ3v) is 4.46. The Labute approximate surface area is 146 Å². The van der Waals surface area contributed by atoms with Crippen molar-refractivity contribution in [3.05, 3.63) is 0 Å². The summed E-state index contributed by atoms with van der Waals surface area (Å²) in [6.07, 6.45) is -0.492. The molecule has 1 fully saturated rings. The van der Waals surface area contributed by atoms with Gasteiger partial charge in [0.05, 0.1) is 6.04 Å². The van der Waals surface area contributed by atoms with Crippen molar-refractivity contribution in [2.75, 3.05) is 13.1 Å². The molecule has 7 N–H and O–H groups in total. The first-order valence-corrected chi connectivity index (χ1v) is 8.16. The Balaban J connectivity index is 3.27. The van der Waals surface area contributed by atoms with Crippen LogP contribution in [0.5, 0.6) is 0 Å². The van der Waals surface area contributed by atoms with Gasteiger partial charge in [-0.1, -0.05) is 0 Å². The second kappa shape index (κ2) is 8.15. The van der Waals surface area contributed by atoms with Crippen molar-refractivity contribution in [2.45, 2.75) is 51.3 Å². The van der Waals surface area contributed by atoms with Crippen molar-refractivity contribution in [1.29, 1.82) is 0 Å². The molecule has 3 unspecified atom stereocenters. The van der Waals surface area contributed by atoms with E-state index in [0.717, 1.165) is 0 Å². The quantitative estimate of drug-likeness (QED) is 0.265. The van der Waals surface area contributed by atoms with E-state index in [9.17, 15) is 24.6 Å². The molecule has 0 aliphatic heterocycles. The van der Waals surface area contributed by atoms with E-state index in [4.69, 9.17) is 11.5 Å². The Hall–Kier alpha value is -2.36. The number of amides is 2. The molecule has 1 rings (SSSR count). The van der Waals surface area contributed by atoms with Gasteiger partial charge < -0.3 is 31.9 Å². The van der Waals surface area contributed by atoms with Gasteiger partial charge in [-0.25, -0.2) is 9.79 Å². The maximum atomic E-state index is 12.8. The van der Waals surface area contributed by atoms with Gasteiger partial charge in [-0.3, -0.25) is 9.59 Å². The predicted molar refractivity (Wildman–Crippen MR) is 90.4 cm³/mol. The average Bonchev–Trinajstić information content (AvgIpc) is 2.83. The molecule has 0 spiro atoms. The molecule has 1 saturated carbocycles. The molecule has 0 aromatic rings. The Morgan fingerprint density at radius 2 is 1.84 bits per heavy atom. The summed E-state index contributed by atoms with van der Waals surface area (Å²) in [4.78, 5) is 41.3. The number of nitrogens with one attached hydrogen (secondary N) is 1. The van der Waals surface area contributed by atoms with Crippen molar-refractivity contribution in [1.82, 2.24) is 10.2 Å². The second-order valence-corrected chi connectivity index (χ2v) is 6.22. The zero-order valence-electron chi connectivity index (χ0n) is 14.7. The number of nitrogens with zero attached hydrogens (tertiary/aromatic N) is 2. The van der Waals surface area contributed by atoms with Crippen LogP contribution in [-0.2, 0) is 14.4 Å². The van der Waals surface area contributed by atoms with Crippen LogP contribution >= 0.6 is 0 Å². The molecule has 0 radical (unpaired) electrons. The van der Waals surface area contributed by atoms with Gasteiger partial charge in [0.1, 0.15) is 6.04 Å². The van der Waals surface area contributed by atoms with E-state index in [1.165, 1.54) is 11.8 Å². The number of rotatable bonds is 7. The normalized spacial score (nSPS) is 26.6. The molecular weight excluding hydrogens is 330 g/mol. The minimum atomic E-state index is -2.06. The molecule has 0 saturated heterocycles. The van der Waals surface area contributed by atoms with Crippen LogP contribution in [0.25, 0.3) is 0 Å². The molecule has 0 aromatic carbocycles. The average molecular weight is 357 g/mol. The maximum Gasteiger partial charge on any atom is 0.335 e. The first kappa shape index (κ1) is 20.7. The summed E-state index contributed by atoms with van der Waals surface area (Å²) >= 11 is 0. The SMILES string of the molecule is CCN(CC)C(=O)C(NC(C)=O)C1C[C@@](O)(C(=O)O)CC1N=C(N)N. The second-order valence-electron chi connectivity index (χ2n) is 6.22. The Morgan fingerprint density at radius 1 is 1.28 bits per heavy atom. The molecule has 0 heterocycles. The zero-order valence-corrected chi connectivity index (χ0v) is 14.7. The minimum absolute atomic E-state index is 0.244. The fourth-order valence-electron chi connectivity index (χ4n) is 3.26. The molecule has 10 heteroatoms. The molecule has 0 aromatic heterocycles. The van der Waals surface area contributed by atoms with Crippen molar-refractivity contribution >= 4 is 23.7 Å². The van der Waals surface area contributed by atoms with E-state index >= 15 is 0 Å². The number of nitrogens with two attached hydrogens (primary N) is 2. The first-order chi connectivity index (χ1) is 11.6. The lowest BCUT2D eigenvalue weighted by Crippen LogP contribution is -2.53. The summed E-state index contributed by atoms with van der Waals surface area (Å²) in [5, 5.41) is 22.2. The van der Waals surface area contributed by atoms with Gasteiger partial charge in [0, 0.05) is 32.4 Å². The number of likely N-dealkylation sites (N-methyl/N-ethyl adjacent to an activating group) is 1. The summed E-state index contributed by atoms with van der Waals surface area (Å²) in [7, 11) is 0. The maximum absolute atomic E-state index is 12.8. The topological polar surface area (TPSA) is 171 Å². The number of carbonyl (C=O) groups excluding carboxylic acids is 2. The number of hydrogen-bond acceptors (Lipinski definition) is 5. The number of aliphatic carboxylic acids is 1. The number of carbonyl (C=O) groups is 3. The Bertz CT molecular complexity index is 559. The largest absolute Gasteiger partial charge is 0.479 e. The van der Waals surface area contributed by atoms with Crippen molar-refractivity contribution < 1.29 is 24.6 Å². The molecule has 142 valence electrons. The summed E-state index contributed by atoms with van der Waals surface area (Å²) < 4.78 is 0. The van der Waals surface area contributed by atoms with Gasteiger partial charge in [-0.2, -0.15) is 0 Å². The number of aliphatic imine (C=N–C) groups is 1. The van der Waals surface area contributed by atoms with E-state index in [1.807, 2.05) is 0 Å². The summed E-state index contributed by atoms with van der Waals surface area (Å²) in [5.74, 6) is -3.25. The van der Waals surface area contributed by atoms with E-state index in [1.54, 1.807) is 13.8 Å². The van der Waals surface area contributed by atoms with Crippen LogP contribution in [0.3, 0.4) is 0 Å². The summed E-state index contributed by atoms with van der Waals surface area (Å²) in [6, 6.07) is -1.83. The summed E-state index contributed by atoms with van der Waals surface area (Å²) in [5.41, 5.74) is 8.75. The van der Waals surface area contributed by atoms with Crippen LogP contribution in [0.4, 0.5) is 0 Å². The van der Waals surface area contributed by atoms with Gasteiger partial charge in [0.15, 0.2) is 11.6 Å². The van der Waals surface area contributed by atoms with Gasteiger partial charge in [-0.15, -0.1) is 0 Å². The number of guanidine groups is 1. The monoisotopic (exact) mass is 357 g/mol. The molecule has 0 bridgehead atoms. The highest BCUT2D eigenvalue weighted by Crippen LogP contribution is 2.39. The van der Waals surface area contributed by atoms with E-state index in [2.05, 4.69) is 10.3 Å². The van der Waals surface area contributed by atoms with E-state index in [0.29, 0.717) is 13.1 Å². The molecular formula is C15H27N5O5. The predicted octanol–water partition coefficient (Wildman–Crippen LogP) is -1.77. The van der Waals surface area contributed by atoms with Gasteiger partial charge in [0.2, 0.25) is 11.8 Å². The fraction of sp³-hybridized carbons (Fsp3) is 0.733. The van der Waals surface area contributed by atoms with Crippen molar-refractivity contribution in [2.24, 2.45) is 22.4 Å². The third kappa shape index (κ3) is 4.81. The van der Waals surface area contributed by atoms with Crippen molar-refractivity contribution in [3.63, 3.8) is 0 Å². The van der Waals surface area contributed by atoms with E-state index in [-0.39, 0.29) is 24.7 Å². The van der Waals surface area contributed by atoms with Crippen LogP contribution in [-0.4, -0.2) is 69.6 Å². The number of hydrogen-bond donors (Lipinski definition) is 5. The van der Waals surface area contributed by atoms with Crippen LogP contribution in [0.2, 0.25) is 0 Å². The van der Waals surface area contributed by atoms with Gasteiger partial charge in [0.25, 0.3) is 0 Å². The van der Waals surface area contributed by atoms with Gasteiger partial charge >= 0.3 is 5.97 Å². The molecule has 10 nitrogen and oxygen atoms in total.